The maximum atomic E-state index is 11.6. The van der Waals surface area contributed by atoms with Gasteiger partial charge >= 0.3 is 6.09 Å². The van der Waals surface area contributed by atoms with Gasteiger partial charge in [-0.25, -0.2) is 4.79 Å². The van der Waals surface area contributed by atoms with Crippen LogP contribution in [0.5, 0.6) is 0 Å². The molecule has 2 aliphatic rings. The Labute approximate surface area is 127 Å². The number of hydrogen-bond donors (Lipinski definition) is 1. The summed E-state index contributed by atoms with van der Waals surface area (Å²) >= 11 is 0. The number of methoxy groups -OCH3 is 2. The van der Waals surface area contributed by atoms with E-state index in [0.717, 1.165) is 45.3 Å². The molecular weight excluding hydrogens is 272 g/mol. The van der Waals surface area contributed by atoms with Gasteiger partial charge in [-0.1, -0.05) is 0 Å². The van der Waals surface area contributed by atoms with Crippen molar-refractivity contribution in [3.8, 4) is 0 Å². The predicted molar refractivity (Wildman–Crippen MR) is 79.1 cm³/mol. The lowest BCUT2D eigenvalue weighted by molar-refractivity contribution is -0.269. The molecule has 1 saturated carbocycles. The van der Waals surface area contributed by atoms with Crippen LogP contribution in [0, 0.1) is 5.92 Å². The van der Waals surface area contributed by atoms with E-state index in [-0.39, 0.29) is 11.9 Å². The topological polar surface area (TPSA) is 60.0 Å². The van der Waals surface area contributed by atoms with Crippen molar-refractivity contribution < 1.29 is 19.0 Å². The second-order valence-corrected chi connectivity index (χ2v) is 5.96. The van der Waals surface area contributed by atoms with Crippen molar-refractivity contribution in [3.05, 3.63) is 0 Å². The number of nitrogens with zero attached hydrogens (tertiary/aromatic N) is 1. The third kappa shape index (κ3) is 4.08. The normalized spacial score (nSPS) is 22.9. The lowest BCUT2D eigenvalue weighted by atomic mass is 9.78. The molecule has 1 aliphatic heterocycles. The Morgan fingerprint density at radius 3 is 2.38 bits per heavy atom. The van der Waals surface area contributed by atoms with Crippen molar-refractivity contribution in [2.75, 3.05) is 40.5 Å². The summed E-state index contributed by atoms with van der Waals surface area (Å²) in [6.07, 6.45) is 3.71. The second kappa shape index (κ2) is 7.42. The number of hydrogen-bond acceptors (Lipinski definition) is 5. The summed E-state index contributed by atoms with van der Waals surface area (Å²) in [4.78, 5) is 13.4. The number of likely N-dealkylation sites (tertiary alicyclic amines) is 1. The van der Waals surface area contributed by atoms with E-state index in [0.29, 0.717) is 18.6 Å². The molecule has 0 bridgehead atoms. The second-order valence-electron chi connectivity index (χ2n) is 5.96. The van der Waals surface area contributed by atoms with Gasteiger partial charge in [-0.05, 0) is 32.2 Å². The van der Waals surface area contributed by atoms with Crippen LogP contribution in [0.4, 0.5) is 4.79 Å². The number of rotatable bonds is 6. The van der Waals surface area contributed by atoms with E-state index in [4.69, 9.17) is 14.2 Å². The van der Waals surface area contributed by atoms with Gasteiger partial charge in [-0.15, -0.1) is 0 Å². The molecule has 0 atom stereocenters. The van der Waals surface area contributed by atoms with E-state index in [1.54, 1.807) is 19.1 Å². The molecule has 6 heteroatoms. The number of piperidine rings is 1. The molecule has 0 aromatic carbocycles. The third-order valence-corrected chi connectivity index (χ3v) is 4.66. The van der Waals surface area contributed by atoms with E-state index in [9.17, 15) is 4.79 Å². The Hall–Kier alpha value is -0.850. The minimum Gasteiger partial charge on any atom is -0.450 e. The van der Waals surface area contributed by atoms with Gasteiger partial charge in [0.1, 0.15) is 0 Å². The molecule has 1 amide bonds. The van der Waals surface area contributed by atoms with Crippen LogP contribution in [0.25, 0.3) is 0 Å². The summed E-state index contributed by atoms with van der Waals surface area (Å²) in [5.41, 5.74) is 0. The average Bonchev–Trinajstić information content (AvgIpc) is 2.47. The van der Waals surface area contributed by atoms with Crippen LogP contribution in [-0.2, 0) is 14.2 Å². The van der Waals surface area contributed by atoms with E-state index in [1.165, 1.54) is 0 Å². The highest BCUT2D eigenvalue weighted by atomic mass is 16.7. The zero-order valence-electron chi connectivity index (χ0n) is 13.4. The van der Waals surface area contributed by atoms with Crippen molar-refractivity contribution in [1.29, 1.82) is 0 Å². The highest BCUT2D eigenvalue weighted by Crippen LogP contribution is 2.40. The fraction of sp³-hybridized carbons (Fsp3) is 0.933. The first-order valence-corrected chi connectivity index (χ1v) is 7.88. The van der Waals surface area contributed by atoms with Gasteiger partial charge in [0.15, 0.2) is 5.79 Å². The SMILES string of the molecule is CCOC(=O)N1CCC(NCC2CC(OC)(OC)C2)CC1. The highest BCUT2D eigenvalue weighted by molar-refractivity contribution is 5.67. The van der Waals surface area contributed by atoms with Crippen LogP contribution in [0.2, 0.25) is 0 Å². The van der Waals surface area contributed by atoms with Crippen molar-refractivity contribution in [1.82, 2.24) is 10.2 Å². The van der Waals surface area contributed by atoms with Gasteiger partial charge in [0.05, 0.1) is 6.61 Å². The fourth-order valence-corrected chi connectivity index (χ4v) is 3.20. The molecule has 1 heterocycles. The Bertz CT molecular complexity index is 331. The Kier molecular flexibility index (Phi) is 5.84. The minimum absolute atomic E-state index is 0.181. The lowest BCUT2D eigenvalue weighted by Crippen LogP contribution is -2.52. The van der Waals surface area contributed by atoms with Crippen molar-refractivity contribution >= 4 is 6.09 Å². The lowest BCUT2D eigenvalue weighted by Gasteiger charge is -2.45. The number of carbonyl (C=O) groups excluding carboxylic acids is 1. The van der Waals surface area contributed by atoms with Gasteiger partial charge in [0, 0.05) is 46.2 Å². The van der Waals surface area contributed by atoms with Crippen molar-refractivity contribution in [2.24, 2.45) is 5.92 Å². The number of ether oxygens (including phenoxy) is 3. The zero-order valence-corrected chi connectivity index (χ0v) is 13.4. The summed E-state index contributed by atoms with van der Waals surface area (Å²) in [7, 11) is 3.41. The fourth-order valence-electron chi connectivity index (χ4n) is 3.20. The summed E-state index contributed by atoms with van der Waals surface area (Å²) < 4.78 is 15.8. The summed E-state index contributed by atoms with van der Waals surface area (Å²) in [5, 5.41) is 3.61. The predicted octanol–water partition coefficient (Wildman–Crippen LogP) is 1.60. The zero-order chi connectivity index (χ0) is 15.3. The number of amides is 1. The molecule has 2 fully saturated rings. The van der Waals surface area contributed by atoms with Gasteiger partial charge in [0.25, 0.3) is 0 Å². The molecule has 0 aromatic rings. The van der Waals surface area contributed by atoms with Crippen LogP contribution in [0.3, 0.4) is 0 Å². The number of nitrogens with one attached hydrogen (secondary N) is 1. The summed E-state index contributed by atoms with van der Waals surface area (Å²) in [5.74, 6) is 0.271. The molecule has 0 radical (unpaired) electrons. The summed E-state index contributed by atoms with van der Waals surface area (Å²) in [6, 6.07) is 0.496. The molecular formula is C15H28N2O4. The number of carbonyl (C=O) groups is 1. The Balaban J connectivity index is 1.61. The van der Waals surface area contributed by atoms with Gasteiger partial charge in [-0.2, -0.15) is 0 Å². The van der Waals surface area contributed by atoms with Crippen LogP contribution >= 0.6 is 0 Å². The molecule has 1 saturated heterocycles. The standard InChI is InChI=1S/C15H28N2O4/c1-4-21-14(18)17-7-5-13(6-8-17)16-11-12-9-15(10-12,19-2)20-3/h12-13,16H,4-11H2,1-3H3. The first kappa shape index (κ1) is 16.5. The molecule has 2 rings (SSSR count). The molecule has 0 unspecified atom stereocenters. The first-order valence-electron chi connectivity index (χ1n) is 7.88. The quantitative estimate of drug-likeness (QED) is 0.755. The maximum Gasteiger partial charge on any atom is 0.409 e. The van der Waals surface area contributed by atoms with E-state index in [1.807, 2.05) is 6.92 Å². The van der Waals surface area contributed by atoms with Crippen LogP contribution in [0.15, 0.2) is 0 Å². The molecule has 1 N–H and O–H groups in total. The van der Waals surface area contributed by atoms with Crippen molar-refractivity contribution in [3.63, 3.8) is 0 Å². The van der Waals surface area contributed by atoms with Gasteiger partial charge < -0.3 is 24.4 Å². The van der Waals surface area contributed by atoms with Crippen molar-refractivity contribution in [2.45, 2.75) is 44.4 Å². The van der Waals surface area contributed by atoms with Crippen LogP contribution in [0.1, 0.15) is 32.6 Å². The third-order valence-electron chi connectivity index (χ3n) is 4.66. The first-order chi connectivity index (χ1) is 10.1. The molecule has 21 heavy (non-hydrogen) atoms. The average molecular weight is 300 g/mol. The van der Waals surface area contributed by atoms with Gasteiger partial charge in [-0.3, -0.25) is 0 Å². The molecule has 1 aliphatic carbocycles. The summed E-state index contributed by atoms with van der Waals surface area (Å²) in [6.45, 7) is 4.84. The molecule has 0 spiro atoms. The van der Waals surface area contributed by atoms with E-state index >= 15 is 0 Å². The maximum absolute atomic E-state index is 11.6. The largest absolute Gasteiger partial charge is 0.450 e. The Morgan fingerprint density at radius 2 is 1.86 bits per heavy atom. The highest BCUT2D eigenvalue weighted by Gasteiger charge is 2.44. The Morgan fingerprint density at radius 1 is 1.24 bits per heavy atom. The van der Waals surface area contributed by atoms with Crippen LogP contribution in [-0.4, -0.2) is 63.3 Å². The monoisotopic (exact) mass is 300 g/mol. The molecule has 0 aromatic heterocycles. The minimum atomic E-state index is -0.348. The van der Waals surface area contributed by atoms with Gasteiger partial charge in [0.2, 0.25) is 0 Å². The smallest absolute Gasteiger partial charge is 0.409 e. The molecule has 122 valence electrons. The van der Waals surface area contributed by atoms with Crippen LogP contribution < -0.4 is 5.32 Å². The molecule has 6 nitrogen and oxygen atoms in total. The van der Waals surface area contributed by atoms with E-state index < -0.39 is 0 Å². The van der Waals surface area contributed by atoms with E-state index in [2.05, 4.69) is 5.32 Å².